The molecule has 1 atom stereocenters. The van der Waals surface area contributed by atoms with Crippen molar-refractivity contribution >= 4 is 0 Å². The van der Waals surface area contributed by atoms with Crippen LogP contribution in [0.2, 0.25) is 0 Å². The van der Waals surface area contributed by atoms with E-state index in [-0.39, 0.29) is 12.6 Å². The second kappa shape index (κ2) is 6.61. The molecule has 1 heterocycles. The first-order valence-corrected chi connectivity index (χ1v) is 6.45. The molecule has 0 saturated carbocycles. The number of aryl methyl sites for hydroxylation is 1. The summed E-state index contributed by atoms with van der Waals surface area (Å²) >= 11 is 0. The first kappa shape index (κ1) is 14.7. The predicted molar refractivity (Wildman–Crippen MR) is 69.6 cm³/mol. The zero-order chi connectivity index (χ0) is 14.5. The summed E-state index contributed by atoms with van der Waals surface area (Å²) in [5.41, 5.74) is 0.381. The van der Waals surface area contributed by atoms with E-state index in [1.165, 1.54) is 0 Å². The highest BCUT2D eigenvalue weighted by Gasteiger charge is 2.11. The van der Waals surface area contributed by atoms with Gasteiger partial charge in [0.25, 0.3) is 0 Å². The van der Waals surface area contributed by atoms with Crippen molar-refractivity contribution < 1.29 is 17.6 Å². The lowest BCUT2D eigenvalue weighted by Crippen LogP contribution is -2.26. The molecule has 0 aliphatic carbocycles. The van der Waals surface area contributed by atoms with Crippen LogP contribution in [0, 0.1) is 17.5 Å². The summed E-state index contributed by atoms with van der Waals surface area (Å²) in [7, 11) is 0. The Hall–Kier alpha value is -1.75. The van der Waals surface area contributed by atoms with Crippen molar-refractivity contribution in [1.29, 1.82) is 0 Å². The SMILES string of the molecule is CC(CCc1ccco1)NCc1cc(F)c(F)c(F)c1. The number of rotatable bonds is 6. The number of hydrogen-bond donors (Lipinski definition) is 1. The number of hydrogen-bond acceptors (Lipinski definition) is 2. The average Bonchev–Trinajstić information content (AvgIpc) is 2.93. The molecule has 1 aromatic heterocycles. The molecule has 2 aromatic rings. The van der Waals surface area contributed by atoms with E-state index in [1.807, 2.05) is 19.1 Å². The van der Waals surface area contributed by atoms with Crippen LogP contribution in [0.4, 0.5) is 13.2 Å². The van der Waals surface area contributed by atoms with Gasteiger partial charge in [-0.15, -0.1) is 0 Å². The molecule has 2 rings (SSSR count). The lowest BCUT2D eigenvalue weighted by atomic mass is 10.1. The number of halogens is 3. The van der Waals surface area contributed by atoms with Gasteiger partial charge in [0.05, 0.1) is 6.26 Å². The van der Waals surface area contributed by atoms with Crippen LogP contribution in [0.15, 0.2) is 34.9 Å². The molecule has 2 nitrogen and oxygen atoms in total. The van der Waals surface area contributed by atoms with E-state index >= 15 is 0 Å². The van der Waals surface area contributed by atoms with Gasteiger partial charge in [-0.1, -0.05) is 0 Å². The molecule has 1 N–H and O–H groups in total. The molecule has 108 valence electrons. The number of nitrogens with one attached hydrogen (secondary N) is 1. The minimum atomic E-state index is -1.43. The smallest absolute Gasteiger partial charge is 0.194 e. The van der Waals surface area contributed by atoms with E-state index < -0.39 is 17.5 Å². The van der Waals surface area contributed by atoms with Gasteiger partial charge in [0, 0.05) is 19.0 Å². The summed E-state index contributed by atoms with van der Waals surface area (Å²) in [5, 5.41) is 3.14. The molecule has 0 fully saturated rings. The quantitative estimate of drug-likeness (QED) is 0.816. The summed E-state index contributed by atoms with van der Waals surface area (Å²) in [6.45, 7) is 2.26. The predicted octanol–water partition coefficient (Wildman–Crippen LogP) is 3.81. The lowest BCUT2D eigenvalue weighted by molar-refractivity contribution is 0.439. The first-order valence-electron chi connectivity index (χ1n) is 6.45. The molecule has 0 aliphatic heterocycles. The van der Waals surface area contributed by atoms with Gasteiger partial charge in [-0.2, -0.15) is 0 Å². The second-order valence-corrected chi connectivity index (χ2v) is 4.77. The Kier molecular flexibility index (Phi) is 4.84. The van der Waals surface area contributed by atoms with E-state index in [4.69, 9.17) is 4.42 Å². The van der Waals surface area contributed by atoms with Crippen LogP contribution in [0.3, 0.4) is 0 Å². The number of furan rings is 1. The maximum Gasteiger partial charge on any atom is 0.194 e. The lowest BCUT2D eigenvalue weighted by Gasteiger charge is -2.13. The summed E-state index contributed by atoms with van der Waals surface area (Å²) in [4.78, 5) is 0. The van der Waals surface area contributed by atoms with Gasteiger partial charge in [0.15, 0.2) is 17.5 Å². The van der Waals surface area contributed by atoms with Crippen molar-refractivity contribution in [2.45, 2.75) is 32.4 Å². The van der Waals surface area contributed by atoms with E-state index in [0.717, 1.165) is 30.7 Å². The standard InChI is InChI=1S/C15H16F3NO/c1-10(4-5-12-3-2-6-20-12)19-9-11-7-13(16)15(18)14(17)8-11/h2-3,6-8,10,19H,4-5,9H2,1H3. The van der Waals surface area contributed by atoms with Crippen molar-refractivity contribution in [3.63, 3.8) is 0 Å². The molecule has 5 heteroatoms. The fourth-order valence-corrected chi connectivity index (χ4v) is 1.92. The van der Waals surface area contributed by atoms with Gasteiger partial charge < -0.3 is 9.73 Å². The van der Waals surface area contributed by atoms with Crippen molar-refractivity contribution in [2.24, 2.45) is 0 Å². The highest BCUT2D eigenvalue weighted by molar-refractivity contribution is 5.19. The molecular formula is C15H16F3NO. The molecule has 1 unspecified atom stereocenters. The molecule has 0 spiro atoms. The largest absolute Gasteiger partial charge is 0.469 e. The molecule has 1 aromatic carbocycles. The summed E-state index contributed by atoms with van der Waals surface area (Å²) in [6.07, 6.45) is 3.24. The minimum absolute atomic E-state index is 0.149. The third-order valence-electron chi connectivity index (χ3n) is 3.10. The topological polar surface area (TPSA) is 25.2 Å². The van der Waals surface area contributed by atoms with E-state index in [9.17, 15) is 13.2 Å². The normalized spacial score (nSPS) is 12.6. The number of benzene rings is 1. The molecule has 20 heavy (non-hydrogen) atoms. The molecular weight excluding hydrogens is 267 g/mol. The summed E-state index contributed by atoms with van der Waals surface area (Å²) in [5.74, 6) is -2.85. The van der Waals surface area contributed by atoms with Gasteiger partial charge in [-0.05, 0) is 43.2 Å². The third-order valence-corrected chi connectivity index (χ3v) is 3.10. The zero-order valence-electron chi connectivity index (χ0n) is 11.1. The highest BCUT2D eigenvalue weighted by Crippen LogP contribution is 2.14. The van der Waals surface area contributed by atoms with Gasteiger partial charge >= 0.3 is 0 Å². The van der Waals surface area contributed by atoms with Crippen molar-refractivity contribution in [3.05, 3.63) is 59.3 Å². The summed E-state index contributed by atoms with van der Waals surface area (Å²) < 4.78 is 44.1. The van der Waals surface area contributed by atoms with Gasteiger partial charge in [-0.3, -0.25) is 0 Å². The Bertz CT molecular complexity index is 531. The van der Waals surface area contributed by atoms with Crippen LogP contribution in [-0.4, -0.2) is 6.04 Å². The first-order chi connectivity index (χ1) is 9.56. The zero-order valence-corrected chi connectivity index (χ0v) is 11.1. The fourth-order valence-electron chi connectivity index (χ4n) is 1.92. The van der Waals surface area contributed by atoms with Gasteiger partial charge in [-0.25, -0.2) is 13.2 Å². The van der Waals surface area contributed by atoms with E-state index in [1.54, 1.807) is 6.26 Å². The van der Waals surface area contributed by atoms with Crippen LogP contribution in [0.5, 0.6) is 0 Å². The third kappa shape index (κ3) is 3.87. The van der Waals surface area contributed by atoms with Crippen molar-refractivity contribution in [2.75, 3.05) is 0 Å². The fraction of sp³-hybridized carbons (Fsp3) is 0.333. The van der Waals surface area contributed by atoms with Gasteiger partial charge in [0.1, 0.15) is 5.76 Å². The van der Waals surface area contributed by atoms with Crippen LogP contribution in [-0.2, 0) is 13.0 Å². The van der Waals surface area contributed by atoms with Crippen LogP contribution < -0.4 is 5.32 Å². The summed E-state index contributed by atoms with van der Waals surface area (Å²) in [6, 6.07) is 5.89. The van der Waals surface area contributed by atoms with Crippen LogP contribution >= 0.6 is 0 Å². The maximum atomic E-state index is 13.0. The Morgan fingerprint density at radius 1 is 1.20 bits per heavy atom. The Balaban J connectivity index is 1.82. The molecule has 0 amide bonds. The maximum absolute atomic E-state index is 13.0. The highest BCUT2D eigenvalue weighted by atomic mass is 19.2. The average molecular weight is 283 g/mol. The van der Waals surface area contributed by atoms with Crippen molar-refractivity contribution in [3.8, 4) is 0 Å². The van der Waals surface area contributed by atoms with Crippen molar-refractivity contribution in [1.82, 2.24) is 5.32 Å². The molecule has 0 radical (unpaired) electrons. The van der Waals surface area contributed by atoms with Crippen LogP contribution in [0.1, 0.15) is 24.7 Å². The van der Waals surface area contributed by atoms with Gasteiger partial charge in [0.2, 0.25) is 0 Å². The second-order valence-electron chi connectivity index (χ2n) is 4.77. The Morgan fingerprint density at radius 2 is 1.90 bits per heavy atom. The van der Waals surface area contributed by atoms with Crippen LogP contribution in [0.25, 0.3) is 0 Å². The molecule has 0 aliphatic rings. The van der Waals surface area contributed by atoms with E-state index in [2.05, 4.69) is 5.32 Å². The molecule has 0 saturated heterocycles. The Labute approximate surface area is 115 Å². The van der Waals surface area contributed by atoms with E-state index in [0.29, 0.717) is 5.56 Å². The minimum Gasteiger partial charge on any atom is -0.469 e. The molecule has 0 bridgehead atoms. The Morgan fingerprint density at radius 3 is 2.50 bits per heavy atom. The monoisotopic (exact) mass is 283 g/mol.